The number of methoxy groups -OCH3 is 4. The summed E-state index contributed by atoms with van der Waals surface area (Å²) in [5, 5.41) is 0. The number of cyclic esters (lactones) is 1. The molecule has 27 heteroatoms. The molecule has 4 aromatic carbocycles. The second-order valence-corrected chi connectivity index (χ2v) is 25.6. The topological polar surface area (TPSA) is 178 Å². The summed E-state index contributed by atoms with van der Waals surface area (Å²) < 4.78 is 239. The minimum atomic E-state index is -5.54. The van der Waals surface area contributed by atoms with Crippen molar-refractivity contribution >= 4 is 29.8 Å². The van der Waals surface area contributed by atoms with Gasteiger partial charge in [-0.3, -0.25) is 0 Å². The second kappa shape index (κ2) is 38.1. The molecule has 1 fully saturated rings. The molecule has 0 unspecified atom stereocenters. The van der Waals surface area contributed by atoms with Crippen molar-refractivity contribution in [1.82, 2.24) is 0 Å². The molecule has 6 rings (SSSR count). The van der Waals surface area contributed by atoms with Gasteiger partial charge in [-0.15, -0.1) is 0 Å². The maximum atomic E-state index is 15.6. The van der Waals surface area contributed by atoms with Crippen LogP contribution in [-0.2, 0) is 93.7 Å². The van der Waals surface area contributed by atoms with Crippen LogP contribution in [-0.4, -0.2) is 126 Å². The molecule has 4 aromatic rings. The average molecular weight is 1460 g/mol. The summed E-state index contributed by atoms with van der Waals surface area (Å²) >= 11 is 0. The first-order valence-electron chi connectivity index (χ1n) is 34.5. The van der Waals surface area contributed by atoms with Crippen LogP contribution >= 0.6 is 0 Å². The molecule has 11 atom stereocenters. The minimum Gasteiger partial charge on any atom is -0.460 e. The Labute approximate surface area is 586 Å². The third-order valence-corrected chi connectivity index (χ3v) is 18.8. The highest BCUT2D eigenvalue weighted by molar-refractivity contribution is 5.91. The first-order chi connectivity index (χ1) is 48.4. The van der Waals surface area contributed by atoms with Gasteiger partial charge in [0, 0.05) is 62.7 Å². The number of hydrogen-bond acceptors (Lipinski definition) is 15. The molecule has 0 saturated carbocycles. The van der Waals surface area contributed by atoms with Crippen molar-refractivity contribution in [2.45, 2.75) is 251 Å². The van der Waals surface area contributed by atoms with E-state index in [2.05, 4.69) is 6.92 Å². The molecule has 0 aromatic heterocycles. The molecule has 0 bridgehead atoms. The largest absolute Gasteiger partial charge is 0.460 e. The number of esters is 5. The van der Waals surface area contributed by atoms with E-state index in [-0.39, 0.29) is 76.2 Å². The smallest absolute Gasteiger partial charge is 0.432 e. The maximum Gasteiger partial charge on any atom is 0.432 e. The van der Waals surface area contributed by atoms with E-state index in [0.29, 0.717) is 47.7 Å². The first-order valence-corrected chi connectivity index (χ1v) is 34.5. The van der Waals surface area contributed by atoms with Gasteiger partial charge in [0.25, 0.3) is 22.4 Å². The van der Waals surface area contributed by atoms with Crippen molar-refractivity contribution in [2.24, 2.45) is 0 Å². The molecule has 102 heavy (non-hydrogen) atoms. The van der Waals surface area contributed by atoms with Crippen LogP contribution in [0, 0.1) is 0 Å². The lowest BCUT2D eigenvalue weighted by Crippen LogP contribution is -2.54. The van der Waals surface area contributed by atoms with Gasteiger partial charge in [-0.1, -0.05) is 205 Å². The summed E-state index contributed by atoms with van der Waals surface area (Å²) in [6.07, 6.45) is -22.9. The number of hydrogen-bond donors (Lipinski definition) is 0. The summed E-state index contributed by atoms with van der Waals surface area (Å²) in [7, 11) is 2.63. The summed E-state index contributed by atoms with van der Waals surface area (Å²) in [5.41, 5.74) is -17.4. The Balaban J connectivity index is 1.31. The van der Waals surface area contributed by atoms with Crippen LogP contribution in [0.15, 0.2) is 133 Å². The van der Waals surface area contributed by atoms with Gasteiger partial charge in [-0.05, 0) is 77.2 Å². The standard InChI is InChI=1S/C75H92F12O15/c1-7-8-9-10-11-12-13-14-18-33-44-59(101-66(91)70(95-5,74(82,83)84)55-38-27-21-28-39-55)60-47-48-61(100-60)62(102-67(92)71(96-6,75(85,86)87)56-40-29-22-30-41-56)46-45-57(98-64(89)68(93-3,72(76,77)78)53-34-23-19-24-35-53)42-31-16-15-17-32-43-58(50-52-49-51(2)97-63(52)88)99-65(90)69(94-4,73(79,80)81)54-36-25-20-26-37-54/h19-30,34-41,49,51,57-62H,7-18,31-33,42-48,50H2,1-6H3/t51-,57-,58+,59+,60+,61+,62+,68-,69-,70-,71-/m0/s1. The Morgan fingerprint density at radius 3 is 1.01 bits per heavy atom. The third-order valence-electron chi connectivity index (χ3n) is 18.8. The van der Waals surface area contributed by atoms with Gasteiger partial charge in [0.2, 0.25) is 0 Å². The molecular weight excluding hydrogens is 1370 g/mol. The third kappa shape index (κ3) is 20.3. The van der Waals surface area contributed by atoms with Gasteiger partial charge in [-0.25, -0.2) is 24.0 Å². The highest BCUT2D eigenvalue weighted by Crippen LogP contribution is 2.49. The molecule has 0 radical (unpaired) electrons. The fraction of sp³-hybridized carbons (Fsp3) is 0.587. The van der Waals surface area contributed by atoms with Crippen molar-refractivity contribution in [3.05, 3.63) is 155 Å². The Morgan fingerprint density at radius 1 is 0.402 bits per heavy atom. The van der Waals surface area contributed by atoms with Gasteiger partial charge in [0.1, 0.15) is 30.5 Å². The maximum absolute atomic E-state index is 15.6. The number of ether oxygens (including phenoxy) is 10. The molecule has 2 aliphatic heterocycles. The lowest BCUT2D eigenvalue weighted by molar-refractivity contribution is -0.282. The normalized spacial score (nSPS) is 19.5. The number of rotatable bonds is 42. The van der Waals surface area contributed by atoms with E-state index >= 15 is 39.5 Å². The van der Waals surface area contributed by atoms with Crippen molar-refractivity contribution < 1.29 is 124 Å². The van der Waals surface area contributed by atoms with Crippen LogP contribution in [0.2, 0.25) is 0 Å². The molecular formula is C75H92F12O15. The zero-order chi connectivity index (χ0) is 75.0. The van der Waals surface area contributed by atoms with Crippen LogP contribution in [0.3, 0.4) is 0 Å². The summed E-state index contributed by atoms with van der Waals surface area (Å²) in [4.78, 5) is 70.0. The fourth-order valence-corrected chi connectivity index (χ4v) is 13.3. The average Bonchev–Trinajstić information content (AvgIpc) is 0.837. The van der Waals surface area contributed by atoms with Gasteiger partial charge in [-0.2, -0.15) is 52.7 Å². The quantitative estimate of drug-likeness (QED) is 0.0177. The molecule has 2 aliphatic rings. The van der Waals surface area contributed by atoms with Crippen molar-refractivity contribution in [3.8, 4) is 0 Å². The zero-order valence-corrected chi connectivity index (χ0v) is 58.1. The first kappa shape index (κ1) is 83.9. The molecule has 15 nitrogen and oxygen atoms in total. The number of carbonyl (C=O) groups is 5. The van der Waals surface area contributed by atoms with Crippen LogP contribution in [0.5, 0.6) is 0 Å². The predicted octanol–water partition coefficient (Wildman–Crippen LogP) is 17.7. The van der Waals surface area contributed by atoms with E-state index in [4.69, 9.17) is 47.4 Å². The highest BCUT2D eigenvalue weighted by Gasteiger charge is 2.68. The molecule has 2 heterocycles. The van der Waals surface area contributed by atoms with Crippen LogP contribution < -0.4 is 0 Å². The minimum absolute atomic E-state index is 0.0422. The predicted molar refractivity (Wildman–Crippen MR) is 348 cm³/mol. The fourth-order valence-electron chi connectivity index (χ4n) is 13.3. The van der Waals surface area contributed by atoms with E-state index in [1.54, 1.807) is 6.92 Å². The van der Waals surface area contributed by atoms with Crippen molar-refractivity contribution in [1.29, 1.82) is 0 Å². The molecule has 0 aliphatic carbocycles. The van der Waals surface area contributed by atoms with E-state index < -0.39 is 155 Å². The Kier molecular flexibility index (Phi) is 31.3. The molecule has 1 saturated heterocycles. The molecule has 0 N–H and O–H groups in total. The molecule has 566 valence electrons. The van der Waals surface area contributed by atoms with Gasteiger partial charge in [0.05, 0.1) is 12.2 Å². The van der Waals surface area contributed by atoms with E-state index in [1.165, 1.54) is 78.9 Å². The summed E-state index contributed by atoms with van der Waals surface area (Å²) in [6, 6.07) is 23.5. The van der Waals surface area contributed by atoms with Crippen molar-refractivity contribution in [2.75, 3.05) is 28.4 Å². The molecule has 0 spiro atoms. The Hall–Kier alpha value is -7.07. The lowest BCUT2D eigenvalue weighted by atomic mass is 9.92. The number of alkyl halides is 12. The number of unbranched alkanes of at least 4 members (excludes halogenated alkanes) is 13. The highest BCUT2D eigenvalue weighted by atomic mass is 19.4. The number of benzene rings is 4. The van der Waals surface area contributed by atoms with Crippen LogP contribution in [0.25, 0.3) is 0 Å². The van der Waals surface area contributed by atoms with Gasteiger partial charge < -0.3 is 47.4 Å². The van der Waals surface area contributed by atoms with E-state index in [1.807, 2.05) is 0 Å². The summed E-state index contributed by atoms with van der Waals surface area (Å²) in [5.74, 6) is -8.41. The van der Waals surface area contributed by atoms with Crippen molar-refractivity contribution in [3.63, 3.8) is 0 Å². The SMILES string of the molecule is CCCCCCCCCCCC[C@@H](OC(=O)[C@@](OC)(c1ccccc1)C(F)(F)F)[C@H]1CC[C@H]([C@@H](CC[C@H](CCCCCCC[C@H](CC2=C[C@H](C)OC2=O)OC(=O)[C@@](OC)(c2ccccc2)C(F)(F)F)OC(=O)[C@@](OC)(c2ccccc2)C(F)(F)F)OC(=O)[C@@](OC)(c2ccccc2)C(F)(F)F)O1. The Morgan fingerprint density at radius 2 is 0.696 bits per heavy atom. The Bertz CT molecular complexity index is 3270. The van der Waals surface area contributed by atoms with E-state index in [0.717, 1.165) is 93.5 Å². The number of halogens is 12. The van der Waals surface area contributed by atoms with Gasteiger partial charge in [0.15, 0.2) is 0 Å². The lowest BCUT2D eigenvalue weighted by Gasteiger charge is -2.36. The number of carbonyl (C=O) groups excluding carboxylic acids is 5. The summed E-state index contributed by atoms with van der Waals surface area (Å²) in [6.45, 7) is 3.65. The van der Waals surface area contributed by atoms with Gasteiger partial charge >= 0.3 is 54.6 Å². The van der Waals surface area contributed by atoms with Crippen LogP contribution in [0.1, 0.15) is 184 Å². The van der Waals surface area contributed by atoms with E-state index in [9.17, 15) is 37.1 Å². The molecule has 0 amide bonds. The monoisotopic (exact) mass is 1460 g/mol. The second-order valence-electron chi connectivity index (χ2n) is 25.6. The zero-order valence-electron chi connectivity index (χ0n) is 58.1. The van der Waals surface area contributed by atoms with Crippen LogP contribution in [0.4, 0.5) is 52.7 Å².